The molecule has 0 aliphatic rings. The summed E-state index contributed by atoms with van der Waals surface area (Å²) in [6.45, 7) is 7.68. The number of Topliss-reactive ketones (excluding diaryl/α,β-unsaturated/α-hetero) is 1. The number of ketones is 1. The second-order valence-electron chi connectivity index (χ2n) is 6.95. The van der Waals surface area contributed by atoms with E-state index in [9.17, 15) is 9.59 Å². The number of carbonyl (C=O) groups is 2. The van der Waals surface area contributed by atoms with Crippen LogP contribution in [0.1, 0.15) is 44.3 Å². The van der Waals surface area contributed by atoms with Crippen LogP contribution in [-0.2, 0) is 0 Å². The van der Waals surface area contributed by atoms with Crippen molar-refractivity contribution in [3.05, 3.63) is 82.7 Å². The molecule has 2 aromatic carbocycles. The van der Waals surface area contributed by atoms with E-state index in [1.54, 1.807) is 36.5 Å². The summed E-state index contributed by atoms with van der Waals surface area (Å²) >= 11 is 0. The molecule has 0 saturated carbocycles. The van der Waals surface area contributed by atoms with Gasteiger partial charge in [0.05, 0.1) is 17.4 Å². The third-order valence-electron chi connectivity index (χ3n) is 4.50. The number of amides is 1. The molecule has 0 saturated heterocycles. The predicted molar refractivity (Wildman–Crippen MR) is 113 cm³/mol. The summed E-state index contributed by atoms with van der Waals surface area (Å²) in [7, 11) is 0. The Bertz CT molecular complexity index is 1020. The first-order valence-corrected chi connectivity index (χ1v) is 9.06. The number of hydrogen-bond donors (Lipinski definition) is 2. The Morgan fingerprint density at radius 2 is 1.46 bits per heavy atom. The van der Waals surface area contributed by atoms with E-state index in [1.165, 1.54) is 18.7 Å². The SMILES string of the molecule is CC(=O)c1ccc(NC(=O)c2cncc(Nc3c(C)cc(C)cc3C)c2)cc1. The molecule has 1 amide bonds. The fourth-order valence-electron chi connectivity index (χ4n) is 3.15. The predicted octanol–water partition coefficient (Wildman–Crippen LogP) is 5.21. The Hall–Kier alpha value is -3.47. The molecule has 0 atom stereocenters. The molecule has 3 rings (SSSR count). The lowest BCUT2D eigenvalue weighted by molar-refractivity contribution is 0.101. The minimum atomic E-state index is -0.260. The van der Waals surface area contributed by atoms with Gasteiger partial charge in [-0.05, 0) is 69.2 Å². The zero-order valence-electron chi connectivity index (χ0n) is 16.5. The third kappa shape index (κ3) is 4.43. The second kappa shape index (κ2) is 8.05. The van der Waals surface area contributed by atoms with Crippen molar-refractivity contribution in [3.63, 3.8) is 0 Å². The highest BCUT2D eigenvalue weighted by molar-refractivity contribution is 6.05. The van der Waals surface area contributed by atoms with E-state index in [4.69, 9.17) is 0 Å². The van der Waals surface area contributed by atoms with Crippen molar-refractivity contribution in [3.8, 4) is 0 Å². The Kier molecular flexibility index (Phi) is 5.54. The molecule has 1 aromatic heterocycles. The molecule has 3 aromatic rings. The van der Waals surface area contributed by atoms with Crippen LogP contribution < -0.4 is 10.6 Å². The lowest BCUT2D eigenvalue weighted by Crippen LogP contribution is -2.12. The van der Waals surface area contributed by atoms with Gasteiger partial charge < -0.3 is 10.6 Å². The number of anilines is 3. The summed E-state index contributed by atoms with van der Waals surface area (Å²) in [6, 6.07) is 12.8. The van der Waals surface area contributed by atoms with Crippen LogP contribution in [0.4, 0.5) is 17.1 Å². The van der Waals surface area contributed by atoms with E-state index in [0.29, 0.717) is 16.8 Å². The summed E-state index contributed by atoms with van der Waals surface area (Å²) in [5, 5.41) is 6.19. The molecule has 0 unspecified atom stereocenters. The molecule has 0 bridgehead atoms. The maximum Gasteiger partial charge on any atom is 0.257 e. The van der Waals surface area contributed by atoms with Crippen LogP contribution in [0.15, 0.2) is 54.9 Å². The number of benzene rings is 2. The highest BCUT2D eigenvalue weighted by Crippen LogP contribution is 2.26. The Morgan fingerprint density at radius 1 is 0.821 bits per heavy atom. The number of hydrogen-bond acceptors (Lipinski definition) is 4. The van der Waals surface area contributed by atoms with Gasteiger partial charge in [0.15, 0.2) is 5.78 Å². The van der Waals surface area contributed by atoms with Gasteiger partial charge in [-0.15, -0.1) is 0 Å². The molecule has 0 aliphatic carbocycles. The number of aromatic nitrogens is 1. The lowest BCUT2D eigenvalue weighted by atomic mass is 10.0. The van der Waals surface area contributed by atoms with Gasteiger partial charge >= 0.3 is 0 Å². The molecular formula is C23H23N3O2. The average Bonchev–Trinajstić information content (AvgIpc) is 2.65. The van der Waals surface area contributed by atoms with Crippen LogP contribution in [0.5, 0.6) is 0 Å². The van der Waals surface area contributed by atoms with E-state index >= 15 is 0 Å². The molecule has 2 N–H and O–H groups in total. The van der Waals surface area contributed by atoms with Crippen LogP contribution in [0.3, 0.4) is 0 Å². The first-order valence-electron chi connectivity index (χ1n) is 9.06. The highest BCUT2D eigenvalue weighted by Gasteiger charge is 2.10. The fraction of sp³-hybridized carbons (Fsp3) is 0.174. The normalized spacial score (nSPS) is 10.4. The van der Waals surface area contributed by atoms with Crippen LogP contribution in [0, 0.1) is 20.8 Å². The summed E-state index contributed by atoms with van der Waals surface area (Å²) in [6.07, 6.45) is 3.22. The van der Waals surface area contributed by atoms with Gasteiger partial charge in [0, 0.05) is 23.1 Å². The van der Waals surface area contributed by atoms with Gasteiger partial charge in [0.1, 0.15) is 0 Å². The van der Waals surface area contributed by atoms with Gasteiger partial charge in [-0.3, -0.25) is 14.6 Å². The number of nitrogens with zero attached hydrogens (tertiary/aromatic N) is 1. The largest absolute Gasteiger partial charge is 0.354 e. The molecule has 142 valence electrons. The lowest BCUT2D eigenvalue weighted by Gasteiger charge is -2.14. The Balaban J connectivity index is 1.77. The summed E-state index contributed by atoms with van der Waals surface area (Å²) in [5.74, 6) is -0.272. The Labute approximate surface area is 164 Å². The van der Waals surface area contributed by atoms with Crippen molar-refractivity contribution in [2.45, 2.75) is 27.7 Å². The summed E-state index contributed by atoms with van der Waals surface area (Å²) in [4.78, 5) is 28.1. The fourth-order valence-corrected chi connectivity index (χ4v) is 3.15. The van der Waals surface area contributed by atoms with E-state index < -0.39 is 0 Å². The highest BCUT2D eigenvalue weighted by atomic mass is 16.1. The van der Waals surface area contributed by atoms with Crippen LogP contribution in [-0.4, -0.2) is 16.7 Å². The number of pyridine rings is 1. The molecular weight excluding hydrogens is 350 g/mol. The smallest absolute Gasteiger partial charge is 0.257 e. The van der Waals surface area contributed by atoms with E-state index in [1.807, 2.05) is 0 Å². The van der Waals surface area contributed by atoms with Gasteiger partial charge in [-0.1, -0.05) is 17.7 Å². The van der Waals surface area contributed by atoms with E-state index in [-0.39, 0.29) is 11.7 Å². The minimum Gasteiger partial charge on any atom is -0.354 e. The monoisotopic (exact) mass is 373 g/mol. The number of nitrogens with one attached hydrogen (secondary N) is 2. The van der Waals surface area contributed by atoms with Crippen molar-refractivity contribution in [1.82, 2.24) is 4.98 Å². The first kappa shape index (κ1) is 19.3. The summed E-state index contributed by atoms with van der Waals surface area (Å²) < 4.78 is 0. The molecule has 0 spiro atoms. The first-order chi connectivity index (χ1) is 13.3. The molecule has 1 heterocycles. The molecule has 5 nitrogen and oxygen atoms in total. The average molecular weight is 373 g/mol. The molecule has 28 heavy (non-hydrogen) atoms. The van der Waals surface area contributed by atoms with E-state index in [0.717, 1.165) is 22.5 Å². The van der Waals surface area contributed by atoms with Crippen molar-refractivity contribution in [2.24, 2.45) is 0 Å². The molecule has 5 heteroatoms. The van der Waals surface area contributed by atoms with Crippen LogP contribution in [0.2, 0.25) is 0 Å². The molecule has 0 radical (unpaired) electrons. The third-order valence-corrected chi connectivity index (χ3v) is 4.50. The zero-order valence-corrected chi connectivity index (χ0v) is 16.5. The van der Waals surface area contributed by atoms with Gasteiger partial charge in [0.2, 0.25) is 0 Å². The van der Waals surface area contributed by atoms with Crippen molar-refractivity contribution in [2.75, 3.05) is 10.6 Å². The zero-order chi connectivity index (χ0) is 20.3. The van der Waals surface area contributed by atoms with Gasteiger partial charge in [0.25, 0.3) is 5.91 Å². The number of rotatable bonds is 5. The van der Waals surface area contributed by atoms with Crippen molar-refractivity contribution < 1.29 is 9.59 Å². The second-order valence-corrected chi connectivity index (χ2v) is 6.95. The standard InChI is InChI=1S/C23H23N3O2/c1-14-9-15(2)22(16(3)10-14)25-21-11-19(12-24-13-21)23(28)26-20-7-5-18(6-8-20)17(4)27/h5-13,25H,1-4H3,(H,26,28). The van der Waals surface area contributed by atoms with Gasteiger partial charge in [-0.2, -0.15) is 0 Å². The van der Waals surface area contributed by atoms with Crippen LogP contribution >= 0.6 is 0 Å². The molecule has 0 aliphatic heterocycles. The van der Waals surface area contributed by atoms with E-state index in [2.05, 4.69) is 48.5 Å². The summed E-state index contributed by atoms with van der Waals surface area (Å²) in [5.41, 5.74) is 6.93. The molecule has 0 fully saturated rings. The quantitative estimate of drug-likeness (QED) is 0.603. The Morgan fingerprint density at radius 3 is 2.07 bits per heavy atom. The van der Waals surface area contributed by atoms with Crippen molar-refractivity contribution >= 4 is 28.8 Å². The number of aryl methyl sites for hydroxylation is 3. The maximum absolute atomic E-state index is 12.6. The topological polar surface area (TPSA) is 71.1 Å². The maximum atomic E-state index is 12.6. The number of carbonyl (C=O) groups excluding carboxylic acids is 2. The van der Waals surface area contributed by atoms with Gasteiger partial charge in [-0.25, -0.2) is 0 Å². The van der Waals surface area contributed by atoms with Crippen LogP contribution in [0.25, 0.3) is 0 Å². The van der Waals surface area contributed by atoms with Crippen molar-refractivity contribution in [1.29, 1.82) is 0 Å². The minimum absolute atomic E-state index is 0.0115.